The van der Waals surface area contributed by atoms with Gasteiger partial charge in [-0.05, 0) is 47.9 Å². The number of benzene rings is 2. The largest absolute Gasteiger partial charge is 0.508 e. The first-order valence-corrected chi connectivity index (χ1v) is 8.41. The van der Waals surface area contributed by atoms with Gasteiger partial charge in [-0.2, -0.15) is 0 Å². The van der Waals surface area contributed by atoms with Crippen molar-refractivity contribution in [1.29, 1.82) is 0 Å². The first-order chi connectivity index (χ1) is 12.5. The van der Waals surface area contributed by atoms with E-state index in [2.05, 4.69) is 10.6 Å². The molecule has 1 saturated carbocycles. The highest BCUT2D eigenvalue weighted by molar-refractivity contribution is 5.98. The molecule has 0 spiro atoms. The van der Waals surface area contributed by atoms with E-state index in [9.17, 15) is 14.7 Å². The van der Waals surface area contributed by atoms with E-state index in [0.717, 1.165) is 12.0 Å². The van der Waals surface area contributed by atoms with Gasteiger partial charge in [-0.25, -0.2) is 0 Å². The quantitative estimate of drug-likeness (QED) is 0.597. The fourth-order valence-electron chi connectivity index (χ4n) is 2.60. The van der Waals surface area contributed by atoms with Crippen molar-refractivity contribution in [3.63, 3.8) is 0 Å². The van der Waals surface area contributed by atoms with Crippen LogP contribution in [0.2, 0.25) is 0 Å². The van der Waals surface area contributed by atoms with Crippen molar-refractivity contribution >= 4 is 23.6 Å². The number of phenolic OH excluding ortho intramolecular Hbond substituents is 1. The molecule has 0 saturated heterocycles. The average Bonchev–Trinajstić information content (AvgIpc) is 3.37. The smallest absolute Gasteiger partial charge is 0.244 e. The third-order valence-corrected chi connectivity index (χ3v) is 4.21. The molecule has 2 amide bonds. The third kappa shape index (κ3) is 4.94. The van der Waals surface area contributed by atoms with E-state index >= 15 is 0 Å². The Morgan fingerprint density at radius 1 is 1.12 bits per heavy atom. The van der Waals surface area contributed by atoms with Crippen LogP contribution < -0.4 is 16.4 Å². The molecule has 6 nitrogen and oxygen atoms in total. The number of nitrogens with one attached hydrogen (secondary N) is 2. The molecule has 0 aliphatic heterocycles. The van der Waals surface area contributed by atoms with Crippen molar-refractivity contribution in [1.82, 2.24) is 5.32 Å². The van der Waals surface area contributed by atoms with Crippen LogP contribution >= 0.6 is 0 Å². The first kappa shape index (κ1) is 17.7. The van der Waals surface area contributed by atoms with Gasteiger partial charge in [0.05, 0.1) is 6.54 Å². The van der Waals surface area contributed by atoms with E-state index in [4.69, 9.17) is 5.73 Å². The number of phenols is 1. The Hall–Kier alpha value is -3.12. The molecule has 2 aromatic carbocycles. The fourth-order valence-corrected chi connectivity index (χ4v) is 2.60. The number of carbonyl (C=O) groups is 2. The Kier molecular flexibility index (Phi) is 5.34. The molecule has 1 aliphatic carbocycles. The highest BCUT2D eigenvalue weighted by atomic mass is 16.3. The van der Waals surface area contributed by atoms with Crippen LogP contribution in [0.3, 0.4) is 0 Å². The lowest BCUT2D eigenvalue weighted by atomic mass is 10.1. The number of nitrogens with two attached hydrogens (primary N) is 1. The molecule has 2 aromatic rings. The van der Waals surface area contributed by atoms with Gasteiger partial charge in [-0.1, -0.05) is 24.3 Å². The summed E-state index contributed by atoms with van der Waals surface area (Å²) >= 11 is 0. The number of carbonyl (C=O) groups excluding carboxylic acids is 2. The van der Waals surface area contributed by atoms with Crippen molar-refractivity contribution in [2.75, 3.05) is 11.9 Å². The minimum Gasteiger partial charge on any atom is -0.508 e. The summed E-state index contributed by atoms with van der Waals surface area (Å²) in [7, 11) is 0. The van der Waals surface area contributed by atoms with Crippen LogP contribution in [-0.4, -0.2) is 29.5 Å². The molecule has 2 unspecified atom stereocenters. The van der Waals surface area contributed by atoms with Gasteiger partial charge in [0.1, 0.15) is 5.75 Å². The number of hydrogen-bond acceptors (Lipinski definition) is 4. The summed E-state index contributed by atoms with van der Waals surface area (Å²) in [5.41, 5.74) is 8.47. The van der Waals surface area contributed by atoms with E-state index < -0.39 is 0 Å². The summed E-state index contributed by atoms with van der Waals surface area (Å²) in [6.45, 7) is -0.117. The Morgan fingerprint density at radius 3 is 2.38 bits per heavy atom. The van der Waals surface area contributed by atoms with Crippen molar-refractivity contribution in [2.45, 2.75) is 18.4 Å². The van der Waals surface area contributed by atoms with Crippen LogP contribution in [-0.2, 0) is 9.59 Å². The summed E-state index contributed by atoms with van der Waals surface area (Å²) in [4.78, 5) is 23.7. The van der Waals surface area contributed by atoms with Gasteiger partial charge in [-0.3, -0.25) is 9.59 Å². The molecule has 2 atom stereocenters. The predicted molar refractivity (Wildman–Crippen MR) is 101 cm³/mol. The van der Waals surface area contributed by atoms with Crippen molar-refractivity contribution in [3.05, 3.63) is 65.7 Å². The Labute approximate surface area is 151 Å². The van der Waals surface area contributed by atoms with Crippen LogP contribution in [0.5, 0.6) is 5.75 Å². The standard InChI is InChI=1S/C20H21N3O3/c21-18-11-17(18)14-4-6-15(7-5-14)23-20(26)12-22-19(25)10-3-13-1-8-16(24)9-2-13/h1-10,17-18,24H,11-12,21H2,(H,22,25)(H,23,26)/b10-3+. The van der Waals surface area contributed by atoms with Gasteiger partial charge in [0.2, 0.25) is 11.8 Å². The summed E-state index contributed by atoms with van der Waals surface area (Å²) in [5.74, 6) is -0.0748. The Bertz CT molecular complexity index is 813. The normalized spacial score (nSPS) is 18.5. The van der Waals surface area contributed by atoms with E-state index in [-0.39, 0.29) is 30.2 Å². The monoisotopic (exact) mass is 351 g/mol. The summed E-state index contributed by atoms with van der Waals surface area (Å²) in [6.07, 6.45) is 3.96. The minimum atomic E-state index is -0.369. The molecule has 1 fully saturated rings. The highest BCUT2D eigenvalue weighted by Gasteiger charge is 2.34. The molecular formula is C20H21N3O3. The summed E-state index contributed by atoms with van der Waals surface area (Å²) in [5, 5.41) is 14.5. The second-order valence-corrected chi connectivity index (χ2v) is 6.32. The van der Waals surface area contributed by atoms with E-state index in [1.165, 1.54) is 23.8 Å². The molecule has 0 heterocycles. The number of rotatable bonds is 6. The fraction of sp³-hybridized carbons (Fsp3) is 0.200. The van der Waals surface area contributed by atoms with Crippen molar-refractivity contribution < 1.29 is 14.7 Å². The van der Waals surface area contributed by atoms with Gasteiger partial charge in [0.15, 0.2) is 0 Å². The second kappa shape index (κ2) is 7.84. The maximum absolute atomic E-state index is 11.9. The predicted octanol–water partition coefficient (Wildman–Crippen LogP) is 1.97. The maximum atomic E-state index is 11.9. The van der Waals surface area contributed by atoms with Gasteiger partial charge in [-0.15, -0.1) is 0 Å². The van der Waals surface area contributed by atoms with Gasteiger partial charge in [0, 0.05) is 23.7 Å². The van der Waals surface area contributed by atoms with E-state index in [1.807, 2.05) is 24.3 Å². The zero-order chi connectivity index (χ0) is 18.5. The van der Waals surface area contributed by atoms with Crippen LogP contribution in [0.25, 0.3) is 6.08 Å². The molecular weight excluding hydrogens is 330 g/mol. The number of amides is 2. The molecule has 0 radical (unpaired) electrons. The van der Waals surface area contributed by atoms with Gasteiger partial charge < -0.3 is 21.5 Å². The van der Waals surface area contributed by atoms with Crippen molar-refractivity contribution in [2.24, 2.45) is 5.73 Å². The van der Waals surface area contributed by atoms with Crippen LogP contribution in [0.1, 0.15) is 23.5 Å². The van der Waals surface area contributed by atoms with E-state index in [1.54, 1.807) is 18.2 Å². The minimum absolute atomic E-state index is 0.117. The Morgan fingerprint density at radius 2 is 1.77 bits per heavy atom. The third-order valence-electron chi connectivity index (χ3n) is 4.21. The molecule has 26 heavy (non-hydrogen) atoms. The van der Waals surface area contributed by atoms with Crippen LogP contribution in [0, 0.1) is 0 Å². The Balaban J connectivity index is 1.43. The number of hydrogen-bond donors (Lipinski definition) is 4. The molecule has 5 N–H and O–H groups in total. The SMILES string of the molecule is NC1CC1c1ccc(NC(=O)CNC(=O)/C=C/c2ccc(O)cc2)cc1. The van der Waals surface area contributed by atoms with E-state index in [0.29, 0.717) is 11.6 Å². The lowest BCUT2D eigenvalue weighted by Crippen LogP contribution is -2.31. The number of aromatic hydroxyl groups is 1. The molecule has 134 valence electrons. The molecule has 0 aromatic heterocycles. The second-order valence-electron chi connectivity index (χ2n) is 6.32. The molecule has 1 aliphatic rings. The summed E-state index contributed by atoms with van der Waals surface area (Å²) < 4.78 is 0. The van der Waals surface area contributed by atoms with Crippen LogP contribution in [0.15, 0.2) is 54.6 Å². The lowest BCUT2D eigenvalue weighted by molar-refractivity contribution is -0.121. The van der Waals surface area contributed by atoms with Gasteiger partial charge >= 0.3 is 0 Å². The molecule has 6 heteroatoms. The maximum Gasteiger partial charge on any atom is 0.244 e. The number of anilines is 1. The lowest BCUT2D eigenvalue weighted by Gasteiger charge is -2.07. The highest BCUT2D eigenvalue weighted by Crippen LogP contribution is 2.39. The van der Waals surface area contributed by atoms with Crippen molar-refractivity contribution in [3.8, 4) is 5.75 Å². The molecule has 0 bridgehead atoms. The zero-order valence-corrected chi connectivity index (χ0v) is 14.2. The van der Waals surface area contributed by atoms with Crippen LogP contribution in [0.4, 0.5) is 5.69 Å². The first-order valence-electron chi connectivity index (χ1n) is 8.41. The summed E-state index contributed by atoms with van der Waals surface area (Å²) in [6, 6.07) is 14.3. The van der Waals surface area contributed by atoms with Gasteiger partial charge in [0.25, 0.3) is 0 Å². The topological polar surface area (TPSA) is 104 Å². The zero-order valence-electron chi connectivity index (χ0n) is 14.2. The molecule has 3 rings (SSSR count). The average molecular weight is 351 g/mol.